The summed E-state index contributed by atoms with van der Waals surface area (Å²) >= 11 is 5.84. The van der Waals surface area contributed by atoms with Crippen molar-refractivity contribution in [1.29, 1.82) is 0 Å². The van der Waals surface area contributed by atoms with Crippen LogP contribution in [0.1, 0.15) is 33.1 Å². The highest BCUT2D eigenvalue weighted by atomic mass is 35.5. The van der Waals surface area contributed by atoms with Gasteiger partial charge >= 0.3 is 6.03 Å². The van der Waals surface area contributed by atoms with Crippen molar-refractivity contribution >= 4 is 41.6 Å². The number of piperidine rings is 1. The van der Waals surface area contributed by atoms with E-state index >= 15 is 0 Å². The fraction of sp³-hybridized carbons (Fsp3) is 0.579. The van der Waals surface area contributed by atoms with E-state index in [2.05, 4.69) is 21.3 Å². The number of amides is 3. The zero-order valence-corrected chi connectivity index (χ0v) is 17.5. The first-order valence-electron chi connectivity index (χ1n) is 9.25. The summed E-state index contributed by atoms with van der Waals surface area (Å²) in [7, 11) is 0. The van der Waals surface area contributed by atoms with Gasteiger partial charge in [0.15, 0.2) is 0 Å². The summed E-state index contributed by atoms with van der Waals surface area (Å²) in [6.45, 7) is 6.72. The van der Waals surface area contributed by atoms with Crippen molar-refractivity contribution in [3.63, 3.8) is 0 Å². The Kier molecular flexibility index (Phi) is 10.5. The highest BCUT2D eigenvalue weighted by Gasteiger charge is 2.23. The molecule has 1 atom stereocenters. The second-order valence-corrected chi connectivity index (χ2v) is 7.66. The molecule has 1 saturated heterocycles. The standard InChI is InChI=1S/C19H29ClN4O2.ClH/c1-13(2)11-17(18(25)22-12-14-7-9-21-10-8-14)24-19(26)23-16-5-3-15(20)4-6-16;/h3-6,13-14,17,21H,7-12H2,1-2H3,(H,22,25)(H2,23,24,26);1H/t17-;/m1./s1. The second-order valence-electron chi connectivity index (χ2n) is 7.23. The number of anilines is 1. The molecule has 0 radical (unpaired) electrons. The van der Waals surface area contributed by atoms with Gasteiger partial charge in [0.05, 0.1) is 0 Å². The van der Waals surface area contributed by atoms with Gasteiger partial charge in [-0.3, -0.25) is 4.79 Å². The van der Waals surface area contributed by atoms with E-state index in [1.54, 1.807) is 24.3 Å². The Morgan fingerprint density at radius 2 is 1.81 bits per heavy atom. The molecular weight excluding hydrogens is 387 g/mol. The van der Waals surface area contributed by atoms with E-state index in [1.807, 2.05) is 13.8 Å². The van der Waals surface area contributed by atoms with E-state index in [9.17, 15) is 9.59 Å². The highest BCUT2D eigenvalue weighted by molar-refractivity contribution is 6.30. The molecule has 4 N–H and O–H groups in total. The maximum Gasteiger partial charge on any atom is 0.319 e. The summed E-state index contributed by atoms with van der Waals surface area (Å²) in [5.74, 6) is 0.673. The predicted molar refractivity (Wildman–Crippen MR) is 113 cm³/mol. The Labute approximate surface area is 172 Å². The normalized spacial score (nSPS) is 15.6. The van der Waals surface area contributed by atoms with Crippen molar-refractivity contribution in [3.8, 4) is 0 Å². The molecule has 1 aliphatic rings. The Balaban J connectivity index is 0.00000364. The average molecular weight is 417 g/mol. The summed E-state index contributed by atoms with van der Waals surface area (Å²) in [5, 5.41) is 12.5. The number of carbonyl (C=O) groups excluding carboxylic acids is 2. The third-order valence-electron chi connectivity index (χ3n) is 4.45. The van der Waals surface area contributed by atoms with E-state index < -0.39 is 12.1 Å². The zero-order chi connectivity index (χ0) is 18.9. The molecular formula is C19H30Cl2N4O2. The topological polar surface area (TPSA) is 82.3 Å². The molecule has 0 aromatic heterocycles. The van der Waals surface area contributed by atoms with Crippen molar-refractivity contribution in [2.24, 2.45) is 11.8 Å². The molecule has 1 aromatic rings. The second kappa shape index (κ2) is 12.1. The van der Waals surface area contributed by atoms with Crippen LogP contribution in [0.3, 0.4) is 0 Å². The number of hydrogen-bond donors (Lipinski definition) is 4. The smallest absolute Gasteiger partial charge is 0.319 e. The Hall–Kier alpha value is -1.50. The van der Waals surface area contributed by atoms with Crippen LogP contribution in [0, 0.1) is 11.8 Å². The van der Waals surface area contributed by atoms with Gasteiger partial charge in [0, 0.05) is 17.3 Å². The van der Waals surface area contributed by atoms with E-state index in [4.69, 9.17) is 11.6 Å². The van der Waals surface area contributed by atoms with Gasteiger partial charge in [0.25, 0.3) is 0 Å². The van der Waals surface area contributed by atoms with E-state index in [0.29, 0.717) is 35.5 Å². The van der Waals surface area contributed by atoms with Crippen LogP contribution in [0.2, 0.25) is 5.02 Å². The fourth-order valence-corrected chi connectivity index (χ4v) is 3.14. The Bertz CT molecular complexity index is 590. The molecule has 0 saturated carbocycles. The molecule has 1 aromatic carbocycles. The number of halogens is 2. The van der Waals surface area contributed by atoms with Crippen molar-refractivity contribution in [1.82, 2.24) is 16.0 Å². The predicted octanol–water partition coefficient (Wildman–Crippen LogP) is 3.41. The number of urea groups is 1. The van der Waals surface area contributed by atoms with Crippen LogP contribution in [0.5, 0.6) is 0 Å². The molecule has 27 heavy (non-hydrogen) atoms. The van der Waals surface area contributed by atoms with Crippen molar-refractivity contribution in [3.05, 3.63) is 29.3 Å². The third kappa shape index (κ3) is 8.82. The Morgan fingerprint density at radius 1 is 1.19 bits per heavy atom. The molecule has 0 unspecified atom stereocenters. The zero-order valence-electron chi connectivity index (χ0n) is 15.9. The molecule has 0 spiro atoms. The van der Waals surface area contributed by atoms with Crippen molar-refractivity contribution < 1.29 is 9.59 Å². The largest absolute Gasteiger partial charge is 0.354 e. The van der Waals surface area contributed by atoms with E-state index in [-0.39, 0.29) is 18.3 Å². The van der Waals surface area contributed by atoms with Crippen LogP contribution in [-0.4, -0.2) is 37.6 Å². The molecule has 0 bridgehead atoms. The van der Waals surface area contributed by atoms with Crippen molar-refractivity contribution in [2.45, 2.75) is 39.2 Å². The lowest BCUT2D eigenvalue weighted by Gasteiger charge is -2.25. The monoisotopic (exact) mass is 416 g/mol. The lowest BCUT2D eigenvalue weighted by molar-refractivity contribution is -0.123. The first-order valence-corrected chi connectivity index (χ1v) is 9.63. The van der Waals surface area contributed by atoms with Gasteiger partial charge in [-0.2, -0.15) is 0 Å². The maximum atomic E-state index is 12.6. The van der Waals surface area contributed by atoms with Crippen LogP contribution in [0.25, 0.3) is 0 Å². The van der Waals surface area contributed by atoms with Crippen LogP contribution in [-0.2, 0) is 4.79 Å². The minimum Gasteiger partial charge on any atom is -0.354 e. The Morgan fingerprint density at radius 3 is 2.41 bits per heavy atom. The summed E-state index contributed by atoms with van der Waals surface area (Å²) < 4.78 is 0. The first kappa shape index (κ1) is 23.5. The van der Waals surface area contributed by atoms with Gasteiger partial charge in [-0.05, 0) is 68.5 Å². The first-order chi connectivity index (χ1) is 12.4. The lowest BCUT2D eigenvalue weighted by Crippen LogP contribution is -2.50. The van der Waals surface area contributed by atoms with Gasteiger partial charge in [0.2, 0.25) is 5.91 Å². The third-order valence-corrected chi connectivity index (χ3v) is 4.71. The van der Waals surface area contributed by atoms with E-state index in [1.165, 1.54) is 0 Å². The molecule has 1 fully saturated rings. The fourth-order valence-electron chi connectivity index (χ4n) is 3.02. The van der Waals surface area contributed by atoms with Gasteiger partial charge < -0.3 is 21.3 Å². The SMILES string of the molecule is CC(C)C[C@@H](NC(=O)Nc1ccc(Cl)cc1)C(=O)NCC1CCNCC1.Cl. The van der Waals surface area contributed by atoms with Gasteiger partial charge in [-0.1, -0.05) is 25.4 Å². The van der Waals surface area contributed by atoms with Gasteiger partial charge in [0.1, 0.15) is 6.04 Å². The molecule has 6 nitrogen and oxygen atoms in total. The summed E-state index contributed by atoms with van der Waals surface area (Å²) in [6.07, 6.45) is 2.73. The van der Waals surface area contributed by atoms with Crippen molar-refractivity contribution in [2.75, 3.05) is 25.0 Å². The maximum absolute atomic E-state index is 12.6. The van der Waals surface area contributed by atoms with Gasteiger partial charge in [-0.15, -0.1) is 12.4 Å². The minimum atomic E-state index is -0.552. The molecule has 8 heteroatoms. The minimum absolute atomic E-state index is 0. The number of rotatable bonds is 7. The quantitative estimate of drug-likeness (QED) is 0.549. The summed E-state index contributed by atoms with van der Waals surface area (Å²) in [6, 6.07) is 5.90. The molecule has 0 aliphatic carbocycles. The van der Waals surface area contributed by atoms with Crippen LogP contribution < -0.4 is 21.3 Å². The van der Waals surface area contributed by atoms with Gasteiger partial charge in [-0.25, -0.2) is 4.79 Å². The molecule has 1 aliphatic heterocycles. The number of benzene rings is 1. The molecule has 3 amide bonds. The summed E-state index contributed by atoms with van der Waals surface area (Å²) in [5.41, 5.74) is 0.630. The number of hydrogen-bond acceptors (Lipinski definition) is 3. The molecule has 2 rings (SSSR count). The molecule has 152 valence electrons. The molecule has 1 heterocycles. The summed E-state index contributed by atoms with van der Waals surface area (Å²) in [4.78, 5) is 24.8. The lowest BCUT2D eigenvalue weighted by atomic mass is 9.97. The van der Waals surface area contributed by atoms with Crippen LogP contribution in [0.4, 0.5) is 10.5 Å². The van der Waals surface area contributed by atoms with Crippen LogP contribution in [0.15, 0.2) is 24.3 Å². The number of carbonyl (C=O) groups is 2. The number of nitrogens with one attached hydrogen (secondary N) is 4. The van der Waals surface area contributed by atoms with Crippen LogP contribution >= 0.6 is 24.0 Å². The van der Waals surface area contributed by atoms with E-state index in [0.717, 1.165) is 25.9 Å². The highest BCUT2D eigenvalue weighted by Crippen LogP contribution is 2.14. The average Bonchev–Trinajstić information content (AvgIpc) is 2.61.